The van der Waals surface area contributed by atoms with Crippen LogP contribution in [0.25, 0.3) is 10.2 Å². The van der Waals surface area contributed by atoms with E-state index in [1.807, 2.05) is 14.1 Å². The molecule has 1 aromatic carbocycles. The van der Waals surface area contributed by atoms with Crippen molar-refractivity contribution < 1.29 is 13.6 Å². The van der Waals surface area contributed by atoms with Gasteiger partial charge in [-0.2, -0.15) is 0 Å². The van der Waals surface area contributed by atoms with Gasteiger partial charge >= 0.3 is 0 Å². The molecule has 4 nitrogen and oxygen atoms in total. The Balaban J connectivity index is 0.00000231. The largest absolute Gasteiger partial charge is 0.309 e. The molecule has 8 heteroatoms. The monoisotopic (exact) mass is 469 g/mol. The summed E-state index contributed by atoms with van der Waals surface area (Å²) in [6, 6.07) is 2.18. The highest BCUT2D eigenvalue weighted by atomic mass is 35.5. The fourth-order valence-corrected chi connectivity index (χ4v) is 7.58. The molecule has 1 aromatic heterocycles. The Morgan fingerprint density at radius 2 is 1.71 bits per heavy atom. The average Bonchev–Trinajstić information content (AvgIpc) is 3.07. The molecule has 6 rings (SSSR count). The van der Waals surface area contributed by atoms with Crippen LogP contribution in [0.5, 0.6) is 0 Å². The molecule has 4 fully saturated rings. The van der Waals surface area contributed by atoms with Crippen molar-refractivity contribution in [1.82, 2.24) is 9.88 Å². The molecule has 4 bridgehead atoms. The number of benzene rings is 1. The van der Waals surface area contributed by atoms with Crippen molar-refractivity contribution in [3.8, 4) is 0 Å². The van der Waals surface area contributed by atoms with Gasteiger partial charge in [0.1, 0.15) is 11.3 Å². The minimum Gasteiger partial charge on any atom is -0.309 e. The summed E-state index contributed by atoms with van der Waals surface area (Å²) in [5.41, 5.74) is -0.124. The Bertz CT molecular complexity index is 944. The van der Waals surface area contributed by atoms with E-state index in [2.05, 4.69) is 9.88 Å². The zero-order valence-electron chi connectivity index (χ0n) is 18.1. The number of thiazole rings is 1. The van der Waals surface area contributed by atoms with Crippen molar-refractivity contribution in [3.63, 3.8) is 0 Å². The number of hydrogen-bond donors (Lipinski definition) is 0. The maximum Gasteiger partial charge on any atom is 0.235 e. The highest BCUT2D eigenvalue weighted by Gasteiger charge is 2.56. The number of anilines is 1. The highest BCUT2D eigenvalue weighted by molar-refractivity contribution is 7.22. The summed E-state index contributed by atoms with van der Waals surface area (Å²) >= 11 is 1.23. The van der Waals surface area contributed by atoms with Gasteiger partial charge in [0, 0.05) is 12.6 Å². The molecule has 0 aliphatic heterocycles. The van der Waals surface area contributed by atoms with Gasteiger partial charge in [0.05, 0.1) is 10.1 Å². The minimum absolute atomic E-state index is 0. The van der Waals surface area contributed by atoms with Gasteiger partial charge in [-0.05, 0) is 89.4 Å². The molecule has 0 radical (unpaired) electrons. The molecular weight excluding hydrogens is 440 g/mol. The van der Waals surface area contributed by atoms with Gasteiger partial charge in [0.2, 0.25) is 5.91 Å². The van der Waals surface area contributed by atoms with E-state index in [0.29, 0.717) is 34.1 Å². The highest BCUT2D eigenvalue weighted by Crippen LogP contribution is 2.60. The molecular formula is C23H30ClF2N3OS. The summed E-state index contributed by atoms with van der Waals surface area (Å²) in [5, 5.41) is 0.508. The number of fused-ring (bicyclic) bond motifs is 1. The predicted octanol–water partition coefficient (Wildman–Crippen LogP) is 5.50. The summed E-state index contributed by atoms with van der Waals surface area (Å²) in [4.78, 5) is 22.4. The molecule has 4 saturated carbocycles. The molecule has 2 aromatic rings. The van der Waals surface area contributed by atoms with E-state index in [0.717, 1.165) is 38.3 Å². The number of hydrogen-bond acceptors (Lipinski definition) is 4. The van der Waals surface area contributed by atoms with Crippen LogP contribution in [0.2, 0.25) is 0 Å². The third kappa shape index (κ3) is 4.21. The van der Waals surface area contributed by atoms with Crippen LogP contribution in [0, 0.1) is 34.8 Å². The fraction of sp³-hybridized carbons (Fsp3) is 0.652. The van der Waals surface area contributed by atoms with Crippen LogP contribution in [0.15, 0.2) is 12.1 Å². The Morgan fingerprint density at radius 3 is 2.29 bits per heavy atom. The first-order valence-electron chi connectivity index (χ1n) is 11.1. The van der Waals surface area contributed by atoms with Crippen molar-refractivity contribution in [2.75, 3.05) is 32.1 Å². The van der Waals surface area contributed by atoms with E-state index in [1.54, 1.807) is 4.90 Å². The first kappa shape index (κ1) is 22.9. The Labute approximate surface area is 192 Å². The standard InChI is InChI=1S/C23H29F2N3OS.ClH/c1-27(2)4-3-5-28(22-26-20-18(25)9-17(24)10-19(20)30-22)21(29)23-11-14-6-15(12-23)8-16(7-14)13-23;/h9-10,14-16H,3-8,11-13H2,1-2H3;1H. The number of carbonyl (C=O) groups is 1. The van der Waals surface area contributed by atoms with Crippen LogP contribution < -0.4 is 4.90 Å². The van der Waals surface area contributed by atoms with Crippen LogP contribution in [0.3, 0.4) is 0 Å². The molecule has 0 saturated heterocycles. The van der Waals surface area contributed by atoms with Crippen molar-refractivity contribution in [2.45, 2.75) is 44.9 Å². The molecule has 170 valence electrons. The fourth-order valence-electron chi connectivity index (χ4n) is 6.55. The number of carbonyl (C=O) groups excluding carboxylic acids is 1. The second-order valence-electron chi connectivity index (χ2n) is 10.0. The molecule has 0 unspecified atom stereocenters. The number of nitrogens with zero attached hydrogens (tertiary/aromatic N) is 3. The van der Waals surface area contributed by atoms with Gasteiger partial charge in [-0.15, -0.1) is 12.4 Å². The van der Waals surface area contributed by atoms with E-state index in [-0.39, 0.29) is 29.2 Å². The Hall–Kier alpha value is -1.31. The molecule has 1 heterocycles. The van der Waals surface area contributed by atoms with Gasteiger partial charge < -0.3 is 4.90 Å². The van der Waals surface area contributed by atoms with Crippen LogP contribution in [0.1, 0.15) is 44.9 Å². The number of aromatic nitrogens is 1. The third-order valence-corrected chi connectivity index (χ3v) is 8.38. The van der Waals surface area contributed by atoms with E-state index in [4.69, 9.17) is 0 Å². The average molecular weight is 470 g/mol. The van der Waals surface area contributed by atoms with Crippen LogP contribution in [-0.2, 0) is 4.79 Å². The summed E-state index contributed by atoms with van der Waals surface area (Å²) < 4.78 is 28.5. The Morgan fingerprint density at radius 1 is 1.10 bits per heavy atom. The zero-order chi connectivity index (χ0) is 21.0. The van der Waals surface area contributed by atoms with Gasteiger partial charge in [0.15, 0.2) is 10.9 Å². The number of amides is 1. The summed E-state index contributed by atoms with van der Waals surface area (Å²) in [7, 11) is 4.03. The first-order valence-corrected chi connectivity index (χ1v) is 11.9. The third-order valence-electron chi connectivity index (χ3n) is 7.36. The van der Waals surface area contributed by atoms with Crippen molar-refractivity contribution in [3.05, 3.63) is 23.8 Å². The predicted molar refractivity (Wildman–Crippen MR) is 123 cm³/mol. The molecule has 4 aliphatic carbocycles. The van der Waals surface area contributed by atoms with Crippen molar-refractivity contribution >= 4 is 45.0 Å². The van der Waals surface area contributed by atoms with Gasteiger partial charge in [-0.1, -0.05) is 11.3 Å². The second kappa shape index (κ2) is 8.56. The molecule has 0 atom stereocenters. The molecule has 0 spiro atoms. The lowest BCUT2D eigenvalue weighted by molar-refractivity contribution is -0.143. The second-order valence-corrected chi connectivity index (χ2v) is 11.1. The van der Waals surface area contributed by atoms with E-state index in [9.17, 15) is 13.6 Å². The van der Waals surface area contributed by atoms with Gasteiger partial charge in [-0.25, -0.2) is 13.8 Å². The van der Waals surface area contributed by atoms with Crippen LogP contribution in [0.4, 0.5) is 13.9 Å². The van der Waals surface area contributed by atoms with Gasteiger partial charge in [-0.3, -0.25) is 9.69 Å². The molecule has 0 N–H and O–H groups in total. The topological polar surface area (TPSA) is 36.4 Å². The summed E-state index contributed by atoms with van der Waals surface area (Å²) in [6.45, 7) is 1.42. The van der Waals surface area contributed by atoms with Crippen molar-refractivity contribution in [1.29, 1.82) is 0 Å². The smallest absolute Gasteiger partial charge is 0.235 e. The SMILES string of the molecule is CN(C)CCCN(C(=O)C12CC3CC(CC(C3)C1)C2)c1nc2c(F)cc(F)cc2s1.Cl. The lowest BCUT2D eigenvalue weighted by Crippen LogP contribution is -2.55. The number of halogens is 3. The summed E-state index contributed by atoms with van der Waals surface area (Å²) in [5.74, 6) is 0.909. The van der Waals surface area contributed by atoms with E-state index in [1.165, 1.54) is 36.7 Å². The minimum atomic E-state index is -0.664. The van der Waals surface area contributed by atoms with Gasteiger partial charge in [0.25, 0.3) is 0 Å². The maximum atomic E-state index is 14.3. The molecule has 31 heavy (non-hydrogen) atoms. The number of rotatable bonds is 6. The lowest BCUT2D eigenvalue weighted by Gasteiger charge is -2.56. The lowest BCUT2D eigenvalue weighted by atomic mass is 9.49. The first-order chi connectivity index (χ1) is 14.3. The maximum absolute atomic E-state index is 14.3. The Kier molecular flexibility index (Phi) is 6.32. The normalized spacial score (nSPS) is 28.9. The van der Waals surface area contributed by atoms with E-state index >= 15 is 0 Å². The molecule has 1 amide bonds. The molecule has 4 aliphatic rings. The van der Waals surface area contributed by atoms with Crippen LogP contribution in [-0.4, -0.2) is 43.0 Å². The zero-order valence-corrected chi connectivity index (χ0v) is 19.7. The quantitative estimate of drug-likeness (QED) is 0.560. The van der Waals surface area contributed by atoms with Crippen LogP contribution >= 0.6 is 23.7 Å². The van der Waals surface area contributed by atoms with Crippen molar-refractivity contribution in [2.24, 2.45) is 23.2 Å². The van der Waals surface area contributed by atoms with E-state index < -0.39 is 11.6 Å². The summed E-state index contributed by atoms with van der Waals surface area (Å²) in [6.07, 6.45) is 7.59.